The summed E-state index contributed by atoms with van der Waals surface area (Å²) < 4.78 is 13.8. The maximum atomic E-state index is 14.7. The smallest absolute Gasteiger partial charge is 0.254 e. The molecule has 36 heavy (non-hydrogen) atoms. The van der Waals surface area contributed by atoms with Crippen molar-refractivity contribution in [2.75, 3.05) is 25.5 Å². The highest BCUT2D eigenvalue weighted by Crippen LogP contribution is 2.66. The maximum Gasteiger partial charge on any atom is 0.254 e. The Hall–Kier alpha value is -3.14. The zero-order chi connectivity index (χ0) is 25.2. The van der Waals surface area contributed by atoms with Crippen LogP contribution in [0.25, 0.3) is 0 Å². The lowest BCUT2D eigenvalue weighted by Crippen LogP contribution is -2.62. The number of thiocarbonyl (C=S) groups is 1. The van der Waals surface area contributed by atoms with E-state index in [0.717, 1.165) is 11.1 Å². The van der Waals surface area contributed by atoms with E-state index in [1.54, 1.807) is 30.4 Å². The number of hydrogen-bond donors (Lipinski definition) is 0. The molecule has 2 fully saturated rings. The highest BCUT2D eigenvalue weighted by atomic mass is 32.2. The van der Waals surface area contributed by atoms with Crippen LogP contribution < -0.4 is 4.90 Å². The van der Waals surface area contributed by atoms with Gasteiger partial charge in [-0.1, -0.05) is 60.4 Å². The molecular formula is C27H23FN4O2S2. The van der Waals surface area contributed by atoms with Crippen molar-refractivity contribution < 1.29 is 14.0 Å². The van der Waals surface area contributed by atoms with Crippen molar-refractivity contribution in [1.82, 2.24) is 14.8 Å². The van der Waals surface area contributed by atoms with Gasteiger partial charge < -0.3 is 4.90 Å². The molecule has 6 rings (SSSR count). The highest BCUT2D eigenvalue weighted by molar-refractivity contribution is 8.25. The van der Waals surface area contributed by atoms with Gasteiger partial charge in [0.2, 0.25) is 5.91 Å². The Bertz CT molecular complexity index is 1410. The van der Waals surface area contributed by atoms with Crippen LogP contribution in [0.1, 0.15) is 22.6 Å². The van der Waals surface area contributed by atoms with Gasteiger partial charge in [-0.15, -0.1) is 0 Å². The molecule has 4 heterocycles. The van der Waals surface area contributed by atoms with Crippen molar-refractivity contribution in [3.05, 3.63) is 95.6 Å². The highest BCUT2D eigenvalue weighted by Gasteiger charge is 2.78. The van der Waals surface area contributed by atoms with Gasteiger partial charge in [0.1, 0.15) is 14.9 Å². The zero-order valence-corrected chi connectivity index (χ0v) is 21.4. The van der Waals surface area contributed by atoms with E-state index in [4.69, 9.17) is 12.2 Å². The third kappa shape index (κ3) is 2.87. The normalized spacial score (nSPS) is 27.6. The number of aromatic nitrogens is 1. The first-order valence-electron chi connectivity index (χ1n) is 11.6. The number of benzene rings is 2. The number of rotatable bonds is 3. The van der Waals surface area contributed by atoms with Crippen LogP contribution in [0.15, 0.2) is 73.1 Å². The summed E-state index contributed by atoms with van der Waals surface area (Å²) >= 11 is 7.07. The molecule has 0 aliphatic carbocycles. The summed E-state index contributed by atoms with van der Waals surface area (Å²) in [5.74, 6) is -1.36. The quantitative estimate of drug-likeness (QED) is 0.490. The summed E-state index contributed by atoms with van der Waals surface area (Å²) in [5, 5.41) is 0. The molecule has 2 amide bonds. The molecule has 3 atom stereocenters. The van der Waals surface area contributed by atoms with E-state index in [0.29, 0.717) is 28.7 Å². The number of likely N-dealkylation sites (tertiary alicyclic amines) is 1. The van der Waals surface area contributed by atoms with Crippen LogP contribution in [-0.2, 0) is 21.7 Å². The van der Waals surface area contributed by atoms with Crippen molar-refractivity contribution in [2.45, 2.75) is 22.7 Å². The van der Waals surface area contributed by atoms with E-state index in [2.05, 4.69) is 4.98 Å². The predicted molar refractivity (Wildman–Crippen MR) is 141 cm³/mol. The Morgan fingerprint density at radius 1 is 1.08 bits per heavy atom. The molecule has 6 nitrogen and oxygen atoms in total. The van der Waals surface area contributed by atoms with Gasteiger partial charge in [0.15, 0.2) is 5.54 Å². The first kappa shape index (κ1) is 23.3. The molecule has 2 saturated heterocycles. The molecule has 0 radical (unpaired) electrons. The predicted octanol–water partition coefficient (Wildman–Crippen LogP) is 3.92. The fourth-order valence-electron chi connectivity index (χ4n) is 6.15. The van der Waals surface area contributed by atoms with E-state index in [-0.39, 0.29) is 11.8 Å². The summed E-state index contributed by atoms with van der Waals surface area (Å²) in [7, 11) is 3.51. The Kier molecular flexibility index (Phi) is 5.30. The number of carbonyl (C=O) groups is 2. The lowest BCUT2D eigenvalue weighted by atomic mass is 9.72. The Labute approximate surface area is 218 Å². The lowest BCUT2D eigenvalue weighted by Gasteiger charge is -2.42. The molecule has 3 aliphatic heterocycles. The maximum absolute atomic E-state index is 14.7. The monoisotopic (exact) mass is 518 g/mol. The third-order valence-electron chi connectivity index (χ3n) is 7.68. The van der Waals surface area contributed by atoms with E-state index in [1.165, 1.54) is 28.8 Å². The van der Waals surface area contributed by atoms with Gasteiger partial charge in [0, 0.05) is 43.2 Å². The van der Waals surface area contributed by atoms with E-state index < -0.39 is 22.0 Å². The average Bonchev–Trinajstić information content (AvgIpc) is 3.38. The third-order valence-corrected chi connectivity index (χ3v) is 9.62. The zero-order valence-electron chi connectivity index (χ0n) is 19.7. The van der Waals surface area contributed by atoms with Crippen LogP contribution in [-0.4, -0.2) is 56.3 Å². The molecule has 0 N–H and O–H groups in total. The van der Waals surface area contributed by atoms with Gasteiger partial charge in [0.25, 0.3) is 5.91 Å². The lowest BCUT2D eigenvalue weighted by molar-refractivity contribution is -0.139. The molecule has 0 bridgehead atoms. The molecule has 3 aliphatic rings. The molecule has 2 aromatic carbocycles. The van der Waals surface area contributed by atoms with E-state index >= 15 is 0 Å². The van der Waals surface area contributed by atoms with Crippen LogP contribution in [0, 0.1) is 5.82 Å². The van der Waals surface area contributed by atoms with Crippen LogP contribution in [0.4, 0.5) is 10.1 Å². The van der Waals surface area contributed by atoms with Crippen molar-refractivity contribution in [2.24, 2.45) is 0 Å². The number of pyridine rings is 1. The summed E-state index contributed by atoms with van der Waals surface area (Å²) in [6.07, 6.45) is 3.42. The Balaban J connectivity index is 1.60. The number of halogens is 1. The topological polar surface area (TPSA) is 56.8 Å². The summed E-state index contributed by atoms with van der Waals surface area (Å²) in [5.41, 5.74) is 1.43. The minimum atomic E-state index is -1.43. The molecule has 1 aromatic heterocycles. The van der Waals surface area contributed by atoms with Crippen molar-refractivity contribution in [3.63, 3.8) is 0 Å². The van der Waals surface area contributed by atoms with Crippen molar-refractivity contribution >= 4 is 45.8 Å². The van der Waals surface area contributed by atoms with Gasteiger partial charge >= 0.3 is 0 Å². The SMILES string of the molecule is CN1C(=O)[C@@]2(c3cc(F)ccc31)N(C)CC(c1cccnc1)[C@@]21SC(=S)N(Cc2ccccc2)C1=O. The molecular weight excluding hydrogens is 495 g/mol. The second kappa shape index (κ2) is 8.19. The Morgan fingerprint density at radius 3 is 2.58 bits per heavy atom. The first-order valence-corrected chi connectivity index (χ1v) is 12.8. The minimum absolute atomic E-state index is 0.238. The summed E-state index contributed by atoms with van der Waals surface area (Å²) in [6, 6.07) is 17.8. The van der Waals surface area contributed by atoms with Gasteiger partial charge in [-0.05, 0) is 42.4 Å². The fraction of sp³-hybridized carbons (Fsp3) is 0.259. The number of anilines is 1. The van der Waals surface area contributed by atoms with Crippen LogP contribution in [0.5, 0.6) is 0 Å². The fourth-order valence-corrected chi connectivity index (χ4v) is 8.28. The van der Waals surface area contributed by atoms with Crippen LogP contribution >= 0.6 is 24.0 Å². The van der Waals surface area contributed by atoms with Crippen LogP contribution in [0.3, 0.4) is 0 Å². The van der Waals surface area contributed by atoms with Crippen molar-refractivity contribution in [1.29, 1.82) is 0 Å². The number of thioether (sulfide) groups is 1. The number of carbonyl (C=O) groups excluding carboxylic acids is 2. The molecule has 2 spiro atoms. The largest absolute Gasteiger partial charge is 0.313 e. The number of fused-ring (bicyclic) bond motifs is 3. The average molecular weight is 519 g/mol. The van der Waals surface area contributed by atoms with Gasteiger partial charge in [0.05, 0.1) is 6.54 Å². The van der Waals surface area contributed by atoms with Crippen LogP contribution in [0.2, 0.25) is 0 Å². The minimum Gasteiger partial charge on any atom is -0.313 e. The summed E-state index contributed by atoms with van der Waals surface area (Å²) in [6.45, 7) is 0.703. The van der Waals surface area contributed by atoms with Gasteiger partial charge in [-0.25, -0.2) is 4.39 Å². The van der Waals surface area contributed by atoms with Gasteiger partial charge in [-0.2, -0.15) is 0 Å². The second-order valence-corrected chi connectivity index (χ2v) is 11.3. The second-order valence-electron chi connectivity index (χ2n) is 9.44. The molecule has 0 saturated carbocycles. The molecule has 1 unspecified atom stereocenters. The molecule has 182 valence electrons. The number of hydrogen-bond acceptors (Lipinski definition) is 6. The molecule has 9 heteroatoms. The number of amides is 2. The number of nitrogens with zero attached hydrogens (tertiary/aromatic N) is 4. The van der Waals surface area contributed by atoms with E-state index in [9.17, 15) is 14.0 Å². The first-order chi connectivity index (χ1) is 17.3. The van der Waals surface area contributed by atoms with E-state index in [1.807, 2.05) is 54.4 Å². The summed E-state index contributed by atoms with van der Waals surface area (Å²) in [4.78, 5) is 38.3. The van der Waals surface area contributed by atoms with Gasteiger partial charge in [-0.3, -0.25) is 24.4 Å². The number of likely N-dealkylation sites (N-methyl/N-ethyl adjacent to an activating group) is 2. The molecule has 3 aromatic rings. The van der Waals surface area contributed by atoms with Crippen molar-refractivity contribution in [3.8, 4) is 0 Å². The Morgan fingerprint density at radius 2 is 1.86 bits per heavy atom. The standard InChI is InChI=1S/C27H23FN4O2S2/c1-30-16-21(18-9-6-12-29-14-18)27(24(34)32(25(35)36-27)15-17-7-4-3-5-8-17)26(30)20-13-19(28)10-11-22(20)31(2)23(26)33/h3-14,21H,15-16H2,1-2H3/t21?,26-,27+/m1/s1.